The molecule has 198 valence electrons. The van der Waals surface area contributed by atoms with E-state index in [1.807, 2.05) is 49.4 Å². The topological polar surface area (TPSA) is 113 Å². The maximum atomic E-state index is 9.60. The van der Waals surface area contributed by atoms with E-state index in [2.05, 4.69) is 25.1 Å². The number of nitrogens with zero attached hydrogens (tertiary/aromatic N) is 4. The fourth-order valence-corrected chi connectivity index (χ4v) is 4.67. The summed E-state index contributed by atoms with van der Waals surface area (Å²) in [5.41, 5.74) is 3.53. The number of fused-ring (bicyclic) bond motifs is 4. The highest BCUT2D eigenvalue weighted by Gasteiger charge is 2.24. The van der Waals surface area contributed by atoms with Gasteiger partial charge in [0.2, 0.25) is 6.79 Å². The molecule has 1 fully saturated rings. The van der Waals surface area contributed by atoms with Gasteiger partial charge in [0.15, 0.2) is 28.0 Å². The second kappa shape index (κ2) is 11.5. The van der Waals surface area contributed by atoms with Crippen LogP contribution >= 0.6 is 12.2 Å². The van der Waals surface area contributed by atoms with Crippen molar-refractivity contribution in [3.05, 3.63) is 54.4 Å². The lowest BCUT2D eigenvalue weighted by molar-refractivity contribution is -0.137. The van der Waals surface area contributed by atoms with Crippen LogP contribution in [0.3, 0.4) is 0 Å². The first-order valence-electron chi connectivity index (χ1n) is 12.5. The molecule has 0 radical (unpaired) electrons. The van der Waals surface area contributed by atoms with Crippen LogP contribution in [0.4, 0.5) is 5.82 Å². The van der Waals surface area contributed by atoms with E-state index in [1.165, 1.54) is 0 Å². The molecule has 2 aromatic carbocycles. The highest BCUT2D eigenvalue weighted by molar-refractivity contribution is 7.80. The minimum Gasteiger partial charge on any atom is -0.481 e. The molecular weight excluding hydrogens is 506 g/mol. The van der Waals surface area contributed by atoms with Gasteiger partial charge < -0.3 is 34.1 Å². The van der Waals surface area contributed by atoms with E-state index in [1.54, 1.807) is 6.33 Å². The monoisotopic (exact) mass is 535 g/mol. The molecule has 2 aliphatic rings. The third-order valence-corrected chi connectivity index (χ3v) is 6.75. The Bertz CT molecular complexity index is 1450. The molecule has 0 amide bonds. The normalized spacial score (nSPS) is 14.3. The Morgan fingerprint density at radius 2 is 1.87 bits per heavy atom. The number of furan rings is 1. The number of carboxylic acids is 1. The van der Waals surface area contributed by atoms with Crippen molar-refractivity contribution in [2.24, 2.45) is 0 Å². The molecule has 4 aromatic rings. The van der Waals surface area contributed by atoms with Crippen LogP contribution in [0.2, 0.25) is 0 Å². The van der Waals surface area contributed by atoms with E-state index in [0.717, 1.165) is 82.7 Å². The summed E-state index contributed by atoms with van der Waals surface area (Å²) in [7, 11) is 0. The molecule has 0 unspecified atom stereocenters. The Kier molecular flexibility index (Phi) is 7.73. The lowest BCUT2D eigenvalue weighted by Gasteiger charge is -2.36. The van der Waals surface area contributed by atoms with Crippen LogP contribution < -0.4 is 19.7 Å². The van der Waals surface area contributed by atoms with E-state index in [4.69, 9.17) is 31.2 Å². The van der Waals surface area contributed by atoms with Crippen molar-refractivity contribution in [1.82, 2.24) is 20.2 Å². The van der Waals surface area contributed by atoms with Crippen molar-refractivity contribution in [1.29, 1.82) is 0 Å². The van der Waals surface area contributed by atoms with Gasteiger partial charge in [-0.25, -0.2) is 9.97 Å². The molecule has 0 spiro atoms. The van der Waals surface area contributed by atoms with Gasteiger partial charge in [0.1, 0.15) is 17.4 Å². The smallest absolute Gasteiger partial charge is 0.303 e. The number of carboxylic acid groups (broad SMARTS) is 1. The maximum Gasteiger partial charge on any atom is 0.303 e. The largest absolute Gasteiger partial charge is 0.481 e. The number of ether oxygens (including phenoxy) is 2. The number of hydrogen-bond acceptors (Lipinski definition) is 8. The minimum atomic E-state index is -0.711. The van der Waals surface area contributed by atoms with Crippen molar-refractivity contribution in [2.45, 2.75) is 26.3 Å². The fraction of sp³-hybridized carbons (Fsp3) is 0.333. The highest BCUT2D eigenvalue weighted by atomic mass is 32.1. The zero-order chi connectivity index (χ0) is 26.5. The quantitative estimate of drug-likeness (QED) is 0.359. The molecule has 2 aliphatic heterocycles. The Hall–Kier alpha value is -4.12. The number of anilines is 1. The zero-order valence-electron chi connectivity index (χ0n) is 21.1. The van der Waals surface area contributed by atoms with Crippen molar-refractivity contribution >= 4 is 51.2 Å². The summed E-state index contributed by atoms with van der Waals surface area (Å²) in [5, 5.41) is 13.0. The lowest BCUT2D eigenvalue weighted by Crippen LogP contribution is -2.51. The molecular formula is C27H29N5O5S. The van der Waals surface area contributed by atoms with Crippen LogP contribution in [0.1, 0.15) is 25.3 Å². The Morgan fingerprint density at radius 3 is 2.63 bits per heavy atom. The summed E-state index contributed by atoms with van der Waals surface area (Å²) < 4.78 is 16.9. The Labute approximate surface area is 225 Å². The first kappa shape index (κ1) is 25.5. The van der Waals surface area contributed by atoms with E-state index in [0.29, 0.717) is 13.0 Å². The lowest BCUT2D eigenvalue weighted by atomic mass is 10.2. The number of carbonyl (C=O) groups is 1. The molecule has 11 heteroatoms. The highest BCUT2D eigenvalue weighted by Crippen LogP contribution is 2.33. The van der Waals surface area contributed by atoms with Crippen molar-refractivity contribution in [2.75, 3.05) is 37.9 Å². The van der Waals surface area contributed by atoms with Gasteiger partial charge >= 0.3 is 5.97 Å². The fourth-order valence-electron chi connectivity index (χ4n) is 4.41. The van der Waals surface area contributed by atoms with E-state index in [9.17, 15) is 4.79 Å². The number of thiocarbonyl (C=S) groups is 1. The number of nitrogens with one attached hydrogen (secondary N) is 1. The average molecular weight is 536 g/mol. The van der Waals surface area contributed by atoms with Crippen LogP contribution in [-0.2, 0) is 11.3 Å². The first-order valence-corrected chi connectivity index (χ1v) is 12.9. The maximum absolute atomic E-state index is 9.60. The number of aliphatic carboxylic acids is 1. The van der Waals surface area contributed by atoms with Gasteiger partial charge in [0, 0.05) is 44.5 Å². The molecule has 0 aliphatic carbocycles. The van der Waals surface area contributed by atoms with Crippen LogP contribution in [-0.4, -0.2) is 64.0 Å². The SMILES string of the molecule is CCCC(=O)O.S=C(NCc1ccc2c(c1)OCO2)N1CCN(c2ncnc3c2oc2ccccc23)CC1. The molecule has 10 nitrogen and oxygen atoms in total. The second-order valence-electron chi connectivity index (χ2n) is 8.94. The van der Waals surface area contributed by atoms with Crippen LogP contribution in [0, 0.1) is 0 Å². The summed E-state index contributed by atoms with van der Waals surface area (Å²) in [6.07, 6.45) is 2.64. The van der Waals surface area contributed by atoms with Gasteiger partial charge in [0.25, 0.3) is 0 Å². The van der Waals surface area contributed by atoms with E-state index >= 15 is 0 Å². The molecule has 0 atom stereocenters. The van der Waals surface area contributed by atoms with Gasteiger partial charge in [-0.3, -0.25) is 4.79 Å². The van der Waals surface area contributed by atoms with E-state index < -0.39 is 5.97 Å². The van der Waals surface area contributed by atoms with Crippen molar-refractivity contribution in [3.8, 4) is 11.5 Å². The van der Waals surface area contributed by atoms with Gasteiger partial charge in [0.05, 0.1) is 0 Å². The average Bonchev–Trinajstić information content (AvgIpc) is 3.56. The molecule has 0 bridgehead atoms. The number of hydrogen-bond donors (Lipinski definition) is 2. The third kappa shape index (κ3) is 5.57. The zero-order valence-corrected chi connectivity index (χ0v) is 21.9. The Morgan fingerprint density at radius 1 is 1.08 bits per heavy atom. The van der Waals surface area contributed by atoms with Gasteiger partial charge in [-0.05, 0) is 48.5 Å². The number of aromatic nitrogens is 2. The molecule has 4 heterocycles. The van der Waals surface area contributed by atoms with Crippen LogP contribution in [0.25, 0.3) is 22.1 Å². The van der Waals surface area contributed by atoms with Crippen LogP contribution in [0.15, 0.2) is 53.2 Å². The summed E-state index contributed by atoms with van der Waals surface area (Å²) in [6.45, 7) is 5.97. The number of benzene rings is 2. The molecule has 2 aromatic heterocycles. The van der Waals surface area contributed by atoms with Crippen molar-refractivity contribution in [3.63, 3.8) is 0 Å². The number of rotatable bonds is 5. The molecule has 2 N–H and O–H groups in total. The predicted octanol–water partition coefficient (Wildman–Crippen LogP) is 4.17. The second-order valence-corrected chi connectivity index (χ2v) is 9.32. The summed E-state index contributed by atoms with van der Waals surface area (Å²) in [6, 6.07) is 13.9. The van der Waals surface area contributed by atoms with Crippen LogP contribution in [0.5, 0.6) is 11.5 Å². The number of para-hydroxylation sites is 1. The number of piperazine rings is 1. The standard InChI is InChI=1S/C23H21N5O3S.C4H8O2/c32-23(24-12-15-5-6-18-19(11-15)30-14-29-18)28-9-7-27(8-10-28)22-21-20(25-13-26-22)16-3-1-2-4-17(16)31-21;1-2-3-4(5)6/h1-6,11,13H,7-10,12,14H2,(H,24,32);2-3H2,1H3,(H,5,6). The predicted molar refractivity (Wildman–Crippen MR) is 148 cm³/mol. The van der Waals surface area contributed by atoms with Gasteiger partial charge in [-0.2, -0.15) is 0 Å². The van der Waals surface area contributed by atoms with Crippen molar-refractivity contribution < 1.29 is 23.8 Å². The molecule has 0 saturated carbocycles. The summed E-state index contributed by atoms with van der Waals surface area (Å²) in [5.74, 6) is 1.70. The summed E-state index contributed by atoms with van der Waals surface area (Å²) in [4.78, 5) is 23.0. The molecule has 1 saturated heterocycles. The summed E-state index contributed by atoms with van der Waals surface area (Å²) >= 11 is 5.64. The van der Waals surface area contributed by atoms with Gasteiger partial charge in [-0.1, -0.05) is 25.1 Å². The first-order chi connectivity index (χ1) is 18.5. The minimum absolute atomic E-state index is 0.279. The van der Waals surface area contributed by atoms with Gasteiger partial charge in [-0.15, -0.1) is 0 Å². The van der Waals surface area contributed by atoms with E-state index in [-0.39, 0.29) is 6.79 Å². The molecule has 6 rings (SSSR count). The third-order valence-electron chi connectivity index (χ3n) is 6.35. The Balaban J connectivity index is 0.000000443. The molecule has 38 heavy (non-hydrogen) atoms.